The predicted molar refractivity (Wildman–Crippen MR) is 56.7 cm³/mol. The summed E-state index contributed by atoms with van der Waals surface area (Å²) in [6.45, 7) is 3.60. The lowest BCUT2D eigenvalue weighted by Crippen LogP contribution is -1.95. The molecule has 70 valence electrons. The minimum Gasteiger partial charge on any atom is -0.302 e. The van der Waals surface area contributed by atoms with Crippen molar-refractivity contribution in [3.8, 4) is 0 Å². The van der Waals surface area contributed by atoms with E-state index in [1.165, 1.54) is 0 Å². The molecule has 1 aromatic rings. The summed E-state index contributed by atoms with van der Waals surface area (Å²) in [5.74, 6) is 0. The lowest BCUT2D eigenvalue weighted by molar-refractivity contribution is 0.561. The lowest BCUT2D eigenvalue weighted by Gasteiger charge is -2.00. The molecule has 1 aromatic carbocycles. The molecule has 0 spiro atoms. The predicted octanol–water partition coefficient (Wildman–Crippen LogP) is 1.99. The van der Waals surface area contributed by atoms with Crippen LogP contribution in [0.5, 0.6) is 0 Å². The van der Waals surface area contributed by atoms with Crippen molar-refractivity contribution in [1.29, 1.82) is 0 Å². The van der Waals surface area contributed by atoms with Gasteiger partial charge in [-0.3, -0.25) is 0 Å². The maximum absolute atomic E-state index is 11.0. The van der Waals surface area contributed by atoms with Crippen LogP contribution in [0.1, 0.15) is 5.56 Å². The Morgan fingerprint density at radius 3 is 2.38 bits per heavy atom. The maximum atomic E-state index is 11.0. The summed E-state index contributed by atoms with van der Waals surface area (Å²) in [6, 6.07) is 6.71. The van der Waals surface area contributed by atoms with Gasteiger partial charge in [0.25, 0.3) is 0 Å². The third-order valence-corrected chi connectivity index (χ3v) is 3.05. The minimum atomic E-state index is -3.23. The van der Waals surface area contributed by atoms with E-state index in [4.69, 9.17) is 4.55 Å². The first-order valence-corrected chi connectivity index (χ1v) is 6.15. The molecule has 0 aliphatic carbocycles. The molecule has 0 aromatic heterocycles. The van der Waals surface area contributed by atoms with E-state index < -0.39 is 8.77 Å². The van der Waals surface area contributed by atoms with E-state index in [9.17, 15) is 4.21 Å². The standard InChI is InChI=1S/C9H10O2S2/c1-2-3-8-4-6-9(7-5-8)13(10,11)12/h2,4-7H,1,3H2,(H,10,11,12). The molecule has 13 heavy (non-hydrogen) atoms. The number of allylic oxidation sites excluding steroid dienone is 1. The summed E-state index contributed by atoms with van der Waals surface area (Å²) in [5.41, 5.74) is 1.05. The highest BCUT2D eigenvalue weighted by Gasteiger charge is 2.03. The van der Waals surface area contributed by atoms with E-state index in [-0.39, 0.29) is 4.90 Å². The Labute approximate surface area is 82.8 Å². The van der Waals surface area contributed by atoms with Crippen molar-refractivity contribution in [3.05, 3.63) is 42.5 Å². The molecule has 1 unspecified atom stereocenters. The molecule has 0 fully saturated rings. The summed E-state index contributed by atoms with van der Waals surface area (Å²) in [5, 5.41) is 0. The highest BCUT2D eigenvalue weighted by Crippen LogP contribution is 2.10. The second kappa shape index (κ2) is 4.00. The van der Waals surface area contributed by atoms with Crippen LogP contribution in [0.25, 0.3) is 0 Å². The van der Waals surface area contributed by atoms with Crippen molar-refractivity contribution in [1.82, 2.24) is 0 Å². The van der Waals surface area contributed by atoms with Crippen LogP contribution in [0.3, 0.4) is 0 Å². The summed E-state index contributed by atoms with van der Waals surface area (Å²) in [6.07, 6.45) is 2.53. The van der Waals surface area contributed by atoms with Crippen LogP contribution < -0.4 is 0 Å². The fourth-order valence-corrected chi connectivity index (χ4v) is 1.78. The topological polar surface area (TPSA) is 37.3 Å². The second-order valence-electron chi connectivity index (χ2n) is 2.61. The van der Waals surface area contributed by atoms with Crippen molar-refractivity contribution in [2.24, 2.45) is 0 Å². The van der Waals surface area contributed by atoms with Gasteiger partial charge < -0.3 is 4.55 Å². The normalized spacial score (nSPS) is 14.8. The van der Waals surface area contributed by atoms with Gasteiger partial charge in [0, 0.05) is 11.2 Å². The molecule has 1 N–H and O–H groups in total. The highest BCUT2D eigenvalue weighted by atomic mass is 32.8. The van der Waals surface area contributed by atoms with E-state index in [2.05, 4.69) is 17.8 Å². The quantitative estimate of drug-likeness (QED) is 0.782. The van der Waals surface area contributed by atoms with Crippen molar-refractivity contribution >= 4 is 20.0 Å². The van der Waals surface area contributed by atoms with Gasteiger partial charge in [0.15, 0.2) is 8.77 Å². The van der Waals surface area contributed by atoms with Gasteiger partial charge in [-0.2, -0.15) is 0 Å². The van der Waals surface area contributed by atoms with E-state index in [1.807, 2.05) is 0 Å². The monoisotopic (exact) mass is 214 g/mol. The molecule has 4 heteroatoms. The van der Waals surface area contributed by atoms with Gasteiger partial charge in [-0.05, 0) is 24.1 Å². The average Bonchev–Trinajstić information content (AvgIpc) is 2.04. The van der Waals surface area contributed by atoms with Gasteiger partial charge >= 0.3 is 0 Å². The van der Waals surface area contributed by atoms with Gasteiger partial charge in [0.1, 0.15) is 0 Å². The average molecular weight is 214 g/mol. The van der Waals surface area contributed by atoms with Crippen LogP contribution in [0.4, 0.5) is 0 Å². The van der Waals surface area contributed by atoms with Crippen molar-refractivity contribution < 1.29 is 8.76 Å². The molecule has 0 aliphatic rings. The van der Waals surface area contributed by atoms with Gasteiger partial charge in [-0.25, -0.2) is 4.21 Å². The van der Waals surface area contributed by atoms with Gasteiger partial charge in [0.05, 0.1) is 4.90 Å². The first-order valence-electron chi connectivity index (χ1n) is 3.71. The van der Waals surface area contributed by atoms with Crippen LogP contribution >= 0.6 is 0 Å². The number of rotatable bonds is 3. The largest absolute Gasteiger partial charge is 0.302 e. The lowest BCUT2D eigenvalue weighted by atomic mass is 10.2. The smallest absolute Gasteiger partial charge is 0.171 e. The zero-order valence-corrected chi connectivity index (χ0v) is 8.61. The Morgan fingerprint density at radius 1 is 1.46 bits per heavy atom. The Kier molecular flexibility index (Phi) is 3.19. The molecule has 1 atom stereocenters. The van der Waals surface area contributed by atoms with Gasteiger partial charge in [-0.15, -0.1) is 6.58 Å². The fourth-order valence-electron chi connectivity index (χ4n) is 0.964. The Morgan fingerprint density at radius 2 is 2.00 bits per heavy atom. The second-order valence-corrected chi connectivity index (χ2v) is 5.39. The summed E-state index contributed by atoms with van der Waals surface area (Å²) >= 11 is 4.42. The van der Waals surface area contributed by atoms with Gasteiger partial charge in [0.2, 0.25) is 0 Å². The maximum Gasteiger partial charge on any atom is 0.171 e. The van der Waals surface area contributed by atoms with Crippen LogP contribution in [-0.2, 0) is 26.4 Å². The third kappa shape index (κ3) is 2.91. The van der Waals surface area contributed by atoms with Crippen LogP contribution in [-0.4, -0.2) is 8.76 Å². The zero-order valence-electron chi connectivity index (χ0n) is 6.97. The summed E-state index contributed by atoms with van der Waals surface area (Å²) in [7, 11) is -3.23. The van der Waals surface area contributed by atoms with Crippen molar-refractivity contribution in [2.75, 3.05) is 0 Å². The van der Waals surface area contributed by atoms with Crippen molar-refractivity contribution in [2.45, 2.75) is 11.3 Å². The Hall–Kier alpha value is -0.710. The minimum absolute atomic E-state index is 0.287. The van der Waals surface area contributed by atoms with E-state index >= 15 is 0 Å². The van der Waals surface area contributed by atoms with E-state index in [1.54, 1.807) is 30.3 Å². The van der Waals surface area contributed by atoms with Gasteiger partial charge in [-0.1, -0.05) is 18.2 Å². The zero-order chi connectivity index (χ0) is 9.90. The third-order valence-electron chi connectivity index (χ3n) is 1.60. The van der Waals surface area contributed by atoms with E-state index in [0.717, 1.165) is 12.0 Å². The highest BCUT2D eigenvalue weighted by molar-refractivity contribution is 8.29. The summed E-state index contributed by atoms with van der Waals surface area (Å²) in [4.78, 5) is 0.287. The molecular weight excluding hydrogens is 204 g/mol. The molecule has 0 saturated carbocycles. The molecule has 0 radical (unpaired) electrons. The molecule has 0 bridgehead atoms. The van der Waals surface area contributed by atoms with Crippen LogP contribution in [0, 0.1) is 0 Å². The molecule has 0 aliphatic heterocycles. The number of benzene rings is 1. The Bertz CT molecular complexity index is 390. The molecule has 0 saturated heterocycles. The fraction of sp³-hybridized carbons (Fsp3) is 0.111. The number of hydrogen-bond acceptors (Lipinski definition) is 2. The molecular formula is C9H10O2S2. The van der Waals surface area contributed by atoms with Crippen LogP contribution in [0.2, 0.25) is 0 Å². The molecule has 1 rings (SSSR count). The number of hydrogen-bond donors (Lipinski definition) is 1. The SMILES string of the molecule is C=CCc1ccc(S(=O)(O)=S)cc1. The molecule has 0 heterocycles. The van der Waals surface area contributed by atoms with Crippen LogP contribution in [0.15, 0.2) is 41.8 Å². The Balaban J connectivity index is 3.01. The molecule has 0 amide bonds. The van der Waals surface area contributed by atoms with Crippen molar-refractivity contribution in [3.63, 3.8) is 0 Å². The van der Waals surface area contributed by atoms with E-state index in [0.29, 0.717) is 0 Å². The first-order chi connectivity index (χ1) is 6.04. The first kappa shape index (κ1) is 10.4. The molecule has 2 nitrogen and oxygen atoms in total. The summed E-state index contributed by atoms with van der Waals surface area (Å²) < 4.78 is 20.0.